The van der Waals surface area contributed by atoms with Gasteiger partial charge in [0.2, 0.25) is 6.79 Å². The number of hydrogen-bond donors (Lipinski definition) is 0. The van der Waals surface area contributed by atoms with Crippen LogP contribution >= 0.6 is 0 Å². The monoisotopic (exact) mass is 371 g/mol. The molecule has 0 radical (unpaired) electrons. The molecule has 0 N–H and O–H groups in total. The maximum atomic E-state index is 5.66. The Hall–Kier alpha value is -2.12. The second-order valence-corrected chi connectivity index (χ2v) is 7.58. The highest BCUT2D eigenvalue weighted by Crippen LogP contribution is 2.34. The van der Waals surface area contributed by atoms with Gasteiger partial charge in [0.15, 0.2) is 17.3 Å². The van der Waals surface area contributed by atoms with Crippen LogP contribution in [0.5, 0.6) is 11.5 Å². The molecule has 7 nitrogen and oxygen atoms in total. The molecular formula is C20H25N3O4. The molecule has 27 heavy (non-hydrogen) atoms. The van der Waals surface area contributed by atoms with E-state index in [1.807, 2.05) is 6.07 Å². The minimum Gasteiger partial charge on any atom is -0.454 e. The molecule has 1 saturated carbocycles. The van der Waals surface area contributed by atoms with E-state index in [4.69, 9.17) is 18.7 Å². The van der Waals surface area contributed by atoms with Crippen LogP contribution in [0.3, 0.4) is 0 Å². The van der Waals surface area contributed by atoms with Gasteiger partial charge >= 0.3 is 0 Å². The van der Waals surface area contributed by atoms with Crippen molar-refractivity contribution < 1.29 is 18.7 Å². The van der Waals surface area contributed by atoms with Gasteiger partial charge in [0.25, 0.3) is 5.89 Å². The van der Waals surface area contributed by atoms with Crippen LogP contribution in [-0.4, -0.2) is 34.5 Å². The number of aromatic nitrogens is 2. The van der Waals surface area contributed by atoms with Crippen LogP contribution in [0.4, 0.5) is 0 Å². The van der Waals surface area contributed by atoms with E-state index in [0.29, 0.717) is 25.3 Å². The van der Waals surface area contributed by atoms with E-state index in [2.05, 4.69) is 27.2 Å². The summed E-state index contributed by atoms with van der Waals surface area (Å²) < 4.78 is 22.1. The van der Waals surface area contributed by atoms with E-state index in [9.17, 15) is 0 Å². The van der Waals surface area contributed by atoms with E-state index < -0.39 is 0 Å². The molecule has 0 amide bonds. The number of benzene rings is 1. The van der Waals surface area contributed by atoms with E-state index in [1.54, 1.807) is 0 Å². The third-order valence-electron chi connectivity index (χ3n) is 5.70. The average Bonchev–Trinajstić information content (AvgIpc) is 3.48. The van der Waals surface area contributed by atoms with Crippen LogP contribution in [-0.2, 0) is 17.8 Å². The third kappa shape index (κ3) is 3.66. The van der Waals surface area contributed by atoms with Crippen molar-refractivity contribution in [2.75, 3.05) is 13.4 Å². The molecule has 2 aliphatic heterocycles. The molecule has 2 aromatic rings. The maximum absolute atomic E-state index is 5.66. The van der Waals surface area contributed by atoms with Crippen LogP contribution in [0.1, 0.15) is 61.9 Å². The fraction of sp³-hybridized carbons (Fsp3) is 0.600. The second kappa shape index (κ2) is 7.48. The molecule has 3 aliphatic rings. The average molecular weight is 371 g/mol. The molecule has 0 bridgehead atoms. The van der Waals surface area contributed by atoms with Crippen molar-refractivity contribution in [3.05, 3.63) is 35.5 Å². The Balaban J connectivity index is 1.32. The highest BCUT2D eigenvalue weighted by Gasteiger charge is 2.27. The molecule has 144 valence electrons. The Kier molecular flexibility index (Phi) is 4.71. The van der Waals surface area contributed by atoms with Crippen molar-refractivity contribution in [1.29, 1.82) is 0 Å². The van der Waals surface area contributed by atoms with Crippen molar-refractivity contribution in [2.45, 2.75) is 63.8 Å². The summed E-state index contributed by atoms with van der Waals surface area (Å²) in [6.45, 7) is 2.61. The lowest BCUT2D eigenvalue weighted by atomic mass is 10.1. The Morgan fingerprint density at radius 2 is 1.89 bits per heavy atom. The number of fused-ring (bicyclic) bond motifs is 1. The smallest absolute Gasteiger partial charge is 0.255 e. The lowest BCUT2D eigenvalue weighted by Crippen LogP contribution is -2.32. The number of nitrogens with zero attached hydrogens (tertiary/aromatic N) is 3. The zero-order chi connectivity index (χ0) is 18.1. The second-order valence-electron chi connectivity index (χ2n) is 7.58. The molecule has 1 atom stereocenters. The fourth-order valence-corrected chi connectivity index (χ4v) is 4.27. The summed E-state index contributed by atoms with van der Waals surface area (Å²) in [5, 5.41) is 4.22. The Labute approximate surface area is 158 Å². The molecule has 3 heterocycles. The van der Waals surface area contributed by atoms with Crippen LogP contribution in [0, 0.1) is 0 Å². The first-order chi connectivity index (χ1) is 13.3. The van der Waals surface area contributed by atoms with E-state index >= 15 is 0 Å². The van der Waals surface area contributed by atoms with E-state index in [-0.39, 0.29) is 6.10 Å². The first kappa shape index (κ1) is 17.0. The van der Waals surface area contributed by atoms with Gasteiger partial charge in [0.1, 0.15) is 6.10 Å². The summed E-state index contributed by atoms with van der Waals surface area (Å²) in [5.41, 5.74) is 1.22. The third-order valence-corrected chi connectivity index (χ3v) is 5.70. The van der Waals surface area contributed by atoms with Crippen LogP contribution in [0.25, 0.3) is 0 Å². The lowest BCUT2D eigenvalue weighted by Gasteiger charge is -2.27. The van der Waals surface area contributed by atoms with Crippen molar-refractivity contribution in [3.8, 4) is 11.5 Å². The molecule has 5 rings (SSSR count). The molecule has 1 aromatic heterocycles. The SMILES string of the molecule is c1cc2c(cc1CN(Cc1noc([C@@H]3CCCO3)n1)C1CCCC1)OCO2. The number of ether oxygens (including phenoxy) is 3. The van der Waals surface area contributed by atoms with Crippen LogP contribution in [0.15, 0.2) is 22.7 Å². The number of hydrogen-bond acceptors (Lipinski definition) is 7. The van der Waals surface area contributed by atoms with Gasteiger partial charge in [-0.05, 0) is 43.4 Å². The zero-order valence-corrected chi connectivity index (χ0v) is 15.4. The van der Waals surface area contributed by atoms with E-state index in [1.165, 1.54) is 31.2 Å². The summed E-state index contributed by atoms with van der Waals surface area (Å²) in [6.07, 6.45) is 7.01. The van der Waals surface area contributed by atoms with Gasteiger partial charge in [-0.25, -0.2) is 0 Å². The summed E-state index contributed by atoms with van der Waals surface area (Å²) in [6, 6.07) is 6.75. The van der Waals surface area contributed by atoms with Crippen molar-refractivity contribution in [3.63, 3.8) is 0 Å². The molecular weight excluding hydrogens is 346 g/mol. The highest BCUT2D eigenvalue weighted by atomic mass is 16.7. The molecule has 0 spiro atoms. The Morgan fingerprint density at radius 1 is 1.00 bits per heavy atom. The fourth-order valence-electron chi connectivity index (χ4n) is 4.27. The molecule has 1 aliphatic carbocycles. The first-order valence-corrected chi connectivity index (χ1v) is 9.92. The Bertz CT molecular complexity index is 781. The largest absolute Gasteiger partial charge is 0.454 e. The summed E-state index contributed by atoms with van der Waals surface area (Å²) in [7, 11) is 0. The molecule has 0 unspecified atom stereocenters. The number of rotatable bonds is 6. The quantitative estimate of drug-likeness (QED) is 0.768. The molecule has 2 fully saturated rings. The van der Waals surface area contributed by atoms with Crippen LogP contribution in [0.2, 0.25) is 0 Å². The predicted molar refractivity (Wildman–Crippen MR) is 96.3 cm³/mol. The standard InChI is InChI=1S/C20H25N3O4/c1-2-5-15(4-1)23(11-14-7-8-16-18(10-14)26-13-25-16)12-19-21-20(27-22-19)17-6-3-9-24-17/h7-8,10,15,17H,1-6,9,11-13H2/t17-/m0/s1. The normalized spacial score (nSPS) is 22.2. The van der Waals surface area contributed by atoms with Gasteiger partial charge in [-0.3, -0.25) is 4.90 Å². The first-order valence-electron chi connectivity index (χ1n) is 9.92. The van der Waals surface area contributed by atoms with E-state index in [0.717, 1.165) is 43.3 Å². The molecule has 1 aromatic carbocycles. The van der Waals surface area contributed by atoms with Gasteiger partial charge in [0.05, 0.1) is 6.54 Å². The topological polar surface area (TPSA) is 69.9 Å². The lowest BCUT2D eigenvalue weighted by molar-refractivity contribution is 0.0835. The molecule has 1 saturated heterocycles. The van der Waals surface area contributed by atoms with Crippen molar-refractivity contribution in [1.82, 2.24) is 15.0 Å². The van der Waals surface area contributed by atoms with Gasteiger partial charge in [-0.1, -0.05) is 24.1 Å². The van der Waals surface area contributed by atoms with Gasteiger partial charge in [-0.15, -0.1) is 0 Å². The minimum absolute atomic E-state index is 0.0277. The van der Waals surface area contributed by atoms with Gasteiger partial charge < -0.3 is 18.7 Å². The maximum Gasteiger partial charge on any atom is 0.255 e. The molecule has 7 heteroatoms. The summed E-state index contributed by atoms with van der Waals surface area (Å²) in [4.78, 5) is 7.08. The van der Waals surface area contributed by atoms with Gasteiger partial charge in [0, 0.05) is 19.2 Å². The predicted octanol–water partition coefficient (Wildman–Crippen LogP) is 3.59. The summed E-state index contributed by atoms with van der Waals surface area (Å²) in [5.74, 6) is 3.02. The Morgan fingerprint density at radius 3 is 2.74 bits per heavy atom. The van der Waals surface area contributed by atoms with Crippen molar-refractivity contribution in [2.24, 2.45) is 0 Å². The van der Waals surface area contributed by atoms with Gasteiger partial charge in [-0.2, -0.15) is 4.98 Å². The summed E-state index contributed by atoms with van der Waals surface area (Å²) >= 11 is 0. The highest BCUT2D eigenvalue weighted by molar-refractivity contribution is 5.44. The minimum atomic E-state index is -0.0277. The van der Waals surface area contributed by atoms with Crippen LogP contribution < -0.4 is 9.47 Å². The van der Waals surface area contributed by atoms with Crippen molar-refractivity contribution >= 4 is 0 Å². The zero-order valence-electron chi connectivity index (χ0n) is 15.4.